The number of carbonyl (C=O) groups is 1. The average molecular weight is 316 g/mol. The highest BCUT2D eigenvalue weighted by Gasteiger charge is 2.15. The van der Waals surface area contributed by atoms with Crippen LogP contribution in [0.4, 0.5) is 0 Å². The van der Waals surface area contributed by atoms with Gasteiger partial charge in [0, 0.05) is 24.7 Å². The molecule has 2 rings (SSSR count). The number of rotatable bonds is 6. The fraction of sp³-hybridized carbons (Fsp3) is 0.556. The van der Waals surface area contributed by atoms with Gasteiger partial charge in [-0.15, -0.1) is 0 Å². The zero-order valence-corrected chi connectivity index (χ0v) is 14.2. The van der Waals surface area contributed by atoms with Crippen molar-refractivity contribution in [1.29, 1.82) is 0 Å². The monoisotopic (exact) mass is 316 g/mol. The summed E-state index contributed by atoms with van der Waals surface area (Å²) in [7, 11) is 0. The molecule has 23 heavy (non-hydrogen) atoms. The molecule has 0 spiro atoms. The number of carbonyl (C=O) groups excluding carboxylic acids is 1. The smallest absolute Gasteiger partial charge is 0.251 e. The van der Waals surface area contributed by atoms with Crippen molar-refractivity contribution in [2.45, 2.75) is 45.6 Å². The van der Waals surface area contributed by atoms with Gasteiger partial charge in [-0.3, -0.25) is 9.79 Å². The first-order valence-electron chi connectivity index (χ1n) is 8.58. The van der Waals surface area contributed by atoms with E-state index < -0.39 is 0 Å². The van der Waals surface area contributed by atoms with Crippen molar-refractivity contribution in [3.05, 3.63) is 35.4 Å². The molecule has 1 aromatic rings. The summed E-state index contributed by atoms with van der Waals surface area (Å²) < 4.78 is 0. The van der Waals surface area contributed by atoms with Crippen LogP contribution in [0.25, 0.3) is 0 Å². The summed E-state index contributed by atoms with van der Waals surface area (Å²) in [6.45, 7) is 5.99. The van der Waals surface area contributed by atoms with Crippen LogP contribution in [0.3, 0.4) is 0 Å². The zero-order valence-electron chi connectivity index (χ0n) is 14.2. The summed E-state index contributed by atoms with van der Waals surface area (Å²) in [4.78, 5) is 16.6. The molecule has 3 N–H and O–H groups in total. The van der Waals surface area contributed by atoms with Gasteiger partial charge in [0.15, 0.2) is 5.96 Å². The van der Waals surface area contributed by atoms with E-state index in [1.165, 1.54) is 25.7 Å². The largest absolute Gasteiger partial charge is 0.357 e. The van der Waals surface area contributed by atoms with E-state index in [9.17, 15) is 4.79 Å². The Labute approximate surface area is 139 Å². The number of guanidine groups is 1. The number of aliphatic imine (C=N–C) groups is 1. The van der Waals surface area contributed by atoms with Gasteiger partial charge >= 0.3 is 0 Å². The Bertz CT molecular complexity index is 536. The third kappa shape index (κ3) is 5.93. The van der Waals surface area contributed by atoms with Gasteiger partial charge in [0.1, 0.15) is 0 Å². The quantitative estimate of drug-likeness (QED) is 0.428. The maximum absolute atomic E-state index is 12.1. The van der Waals surface area contributed by atoms with Crippen molar-refractivity contribution in [3.63, 3.8) is 0 Å². The molecule has 0 unspecified atom stereocenters. The Morgan fingerprint density at radius 2 is 2.04 bits per heavy atom. The first-order chi connectivity index (χ1) is 11.2. The molecule has 0 saturated heterocycles. The molecule has 1 aliphatic carbocycles. The first kappa shape index (κ1) is 17.3. The van der Waals surface area contributed by atoms with Crippen molar-refractivity contribution in [3.8, 4) is 0 Å². The molecular weight excluding hydrogens is 288 g/mol. The maximum atomic E-state index is 12.1. The number of amides is 1. The van der Waals surface area contributed by atoms with Crippen LogP contribution in [0.15, 0.2) is 29.3 Å². The Balaban J connectivity index is 1.77. The van der Waals surface area contributed by atoms with Crippen molar-refractivity contribution >= 4 is 11.9 Å². The average Bonchev–Trinajstić information content (AvgIpc) is 3.04. The van der Waals surface area contributed by atoms with Gasteiger partial charge in [0.25, 0.3) is 5.91 Å². The predicted octanol–water partition coefficient (Wildman–Crippen LogP) is 2.22. The van der Waals surface area contributed by atoms with E-state index in [1.54, 1.807) is 0 Å². The summed E-state index contributed by atoms with van der Waals surface area (Å²) >= 11 is 0. The molecule has 1 aliphatic rings. The van der Waals surface area contributed by atoms with Crippen molar-refractivity contribution in [1.82, 2.24) is 16.0 Å². The van der Waals surface area contributed by atoms with Gasteiger partial charge in [-0.05, 0) is 38.8 Å². The van der Waals surface area contributed by atoms with E-state index in [0.29, 0.717) is 24.7 Å². The second-order valence-electron chi connectivity index (χ2n) is 6.01. The number of nitrogens with zero attached hydrogens (tertiary/aromatic N) is 1. The molecule has 5 heteroatoms. The summed E-state index contributed by atoms with van der Waals surface area (Å²) in [5, 5.41) is 9.65. The van der Waals surface area contributed by atoms with Gasteiger partial charge in [-0.25, -0.2) is 0 Å². The van der Waals surface area contributed by atoms with Crippen molar-refractivity contribution in [2.24, 2.45) is 4.99 Å². The maximum Gasteiger partial charge on any atom is 0.251 e. The summed E-state index contributed by atoms with van der Waals surface area (Å²) in [6.07, 6.45) is 5.02. The van der Waals surface area contributed by atoms with Crippen molar-refractivity contribution < 1.29 is 4.79 Å². The van der Waals surface area contributed by atoms with Crippen LogP contribution in [-0.4, -0.2) is 37.5 Å². The molecule has 0 heterocycles. The van der Waals surface area contributed by atoms with Crippen molar-refractivity contribution in [2.75, 3.05) is 19.6 Å². The fourth-order valence-corrected chi connectivity index (χ4v) is 2.81. The molecule has 1 aromatic carbocycles. The summed E-state index contributed by atoms with van der Waals surface area (Å²) in [5.74, 6) is 0.807. The minimum Gasteiger partial charge on any atom is -0.357 e. The number of aryl methyl sites for hydroxylation is 1. The topological polar surface area (TPSA) is 65.5 Å². The molecule has 0 atom stereocenters. The molecule has 0 aliphatic heterocycles. The molecule has 126 valence electrons. The van der Waals surface area contributed by atoms with Crippen LogP contribution in [-0.2, 0) is 0 Å². The first-order valence-corrected chi connectivity index (χ1v) is 8.58. The Hall–Kier alpha value is -2.04. The lowest BCUT2D eigenvalue weighted by Crippen LogP contribution is -2.42. The number of benzene rings is 1. The Kier molecular flexibility index (Phi) is 6.91. The SMILES string of the molecule is CCNC(=NCCNC(=O)c1cccc(C)c1)NC1CCCC1. The van der Waals surface area contributed by atoms with Gasteiger partial charge in [-0.1, -0.05) is 30.5 Å². The van der Waals surface area contributed by atoms with E-state index in [-0.39, 0.29) is 5.91 Å². The number of nitrogens with one attached hydrogen (secondary N) is 3. The van der Waals surface area contributed by atoms with Crippen LogP contribution in [0, 0.1) is 6.92 Å². The zero-order chi connectivity index (χ0) is 16.5. The Morgan fingerprint density at radius 3 is 2.74 bits per heavy atom. The highest BCUT2D eigenvalue weighted by Crippen LogP contribution is 2.17. The number of hydrogen-bond donors (Lipinski definition) is 3. The fourth-order valence-electron chi connectivity index (χ4n) is 2.81. The third-order valence-electron chi connectivity index (χ3n) is 3.99. The second kappa shape index (κ2) is 9.18. The van der Waals surface area contributed by atoms with Crippen LogP contribution in [0.1, 0.15) is 48.5 Å². The molecule has 5 nitrogen and oxygen atoms in total. The highest BCUT2D eigenvalue weighted by atomic mass is 16.1. The van der Waals surface area contributed by atoms with Gasteiger partial charge in [0.2, 0.25) is 0 Å². The standard InChI is InChI=1S/C18H28N4O/c1-3-19-18(22-16-9-4-5-10-16)21-12-11-20-17(23)15-8-6-7-14(2)13-15/h6-8,13,16H,3-5,9-12H2,1-2H3,(H,20,23)(H2,19,21,22). The minimum absolute atomic E-state index is 0.0438. The lowest BCUT2D eigenvalue weighted by atomic mass is 10.1. The third-order valence-corrected chi connectivity index (χ3v) is 3.99. The van der Waals surface area contributed by atoms with E-state index in [1.807, 2.05) is 31.2 Å². The molecular formula is C18H28N4O. The van der Waals surface area contributed by atoms with E-state index in [2.05, 4.69) is 27.9 Å². The number of hydrogen-bond acceptors (Lipinski definition) is 2. The molecule has 0 bridgehead atoms. The lowest BCUT2D eigenvalue weighted by molar-refractivity contribution is 0.0954. The van der Waals surface area contributed by atoms with Gasteiger partial charge in [-0.2, -0.15) is 0 Å². The lowest BCUT2D eigenvalue weighted by Gasteiger charge is -2.16. The molecule has 1 saturated carbocycles. The van der Waals surface area contributed by atoms with Crippen LogP contribution >= 0.6 is 0 Å². The summed E-state index contributed by atoms with van der Waals surface area (Å²) in [6, 6.07) is 8.15. The van der Waals surface area contributed by atoms with Crippen LogP contribution in [0.5, 0.6) is 0 Å². The molecule has 0 radical (unpaired) electrons. The minimum atomic E-state index is -0.0438. The van der Waals surface area contributed by atoms with E-state index in [0.717, 1.165) is 18.1 Å². The van der Waals surface area contributed by atoms with E-state index in [4.69, 9.17) is 0 Å². The predicted molar refractivity (Wildman–Crippen MR) is 94.9 cm³/mol. The molecule has 1 amide bonds. The van der Waals surface area contributed by atoms with Gasteiger partial charge < -0.3 is 16.0 Å². The summed E-state index contributed by atoms with van der Waals surface area (Å²) in [5.41, 5.74) is 1.79. The molecule has 1 fully saturated rings. The van der Waals surface area contributed by atoms with E-state index >= 15 is 0 Å². The molecule has 0 aromatic heterocycles. The van der Waals surface area contributed by atoms with Crippen LogP contribution in [0.2, 0.25) is 0 Å². The highest BCUT2D eigenvalue weighted by molar-refractivity contribution is 5.94. The second-order valence-corrected chi connectivity index (χ2v) is 6.01. The Morgan fingerprint density at radius 1 is 1.26 bits per heavy atom. The normalized spacial score (nSPS) is 15.5. The van der Waals surface area contributed by atoms with Crippen LogP contribution < -0.4 is 16.0 Å². The van der Waals surface area contributed by atoms with Gasteiger partial charge in [0.05, 0.1) is 6.54 Å².